The number of para-hydroxylation sites is 1. The molecule has 0 bridgehead atoms. The summed E-state index contributed by atoms with van der Waals surface area (Å²) in [5.41, 5.74) is 4.66. The van der Waals surface area contributed by atoms with E-state index in [-0.39, 0.29) is 17.6 Å². The van der Waals surface area contributed by atoms with Crippen LogP contribution < -0.4 is 4.90 Å². The number of amides is 1. The normalized spacial score (nSPS) is 20.1. The van der Waals surface area contributed by atoms with Crippen LogP contribution in [0.4, 0.5) is 5.69 Å². The van der Waals surface area contributed by atoms with Crippen LogP contribution in [-0.4, -0.2) is 11.7 Å². The molecule has 2 aromatic carbocycles. The predicted molar refractivity (Wildman–Crippen MR) is 108 cm³/mol. The van der Waals surface area contributed by atoms with Gasteiger partial charge in [-0.05, 0) is 48.6 Å². The van der Waals surface area contributed by atoms with Gasteiger partial charge in [-0.2, -0.15) is 0 Å². The Morgan fingerprint density at radius 1 is 1.07 bits per heavy atom. The standard InChI is InChI=1S/C23H22ClNO2/c1-2-15-7-3-4-10-19(15)25-20-11-6-12-21(26)23(20)18(14-22(25)27)16-8-5-9-17(24)13-16/h3-5,7-10,13,18H,2,6,11-12,14H2,1H3. The molecule has 4 heteroatoms. The SMILES string of the molecule is CCc1ccccc1N1C(=O)CC(c2cccc(Cl)c2)C2=C1CCCC2=O. The zero-order chi connectivity index (χ0) is 19.0. The number of carbonyl (C=O) groups is 2. The third-order valence-corrected chi connectivity index (χ3v) is 5.77. The minimum Gasteiger partial charge on any atom is -0.294 e. The van der Waals surface area contributed by atoms with Crippen LogP contribution in [0.1, 0.15) is 49.7 Å². The second-order valence-corrected chi connectivity index (χ2v) is 7.60. The molecule has 1 atom stereocenters. The van der Waals surface area contributed by atoms with Crippen LogP contribution in [0.2, 0.25) is 5.02 Å². The molecule has 27 heavy (non-hydrogen) atoms. The van der Waals surface area contributed by atoms with E-state index in [0.29, 0.717) is 17.9 Å². The highest BCUT2D eigenvalue weighted by atomic mass is 35.5. The monoisotopic (exact) mass is 379 g/mol. The number of rotatable bonds is 3. The molecule has 3 nitrogen and oxygen atoms in total. The summed E-state index contributed by atoms with van der Waals surface area (Å²) in [7, 11) is 0. The molecule has 0 saturated carbocycles. The second-order valence-electron chi connectivity index (χ2n) is 7.16. The van der Waals surface area contributed by atoms with Gasteiger partial charge in [0.05, 0.1) is 5.69 Å². The van der Waals surface area contributed by atoms with Crippen molar-refractivity contribution in [1.29, 1.82) is 0 Å². The van der Waals surface area contributed by atoms with Gasteiger partial charge in [-0.3, -0.25) is 14.5 Å². The lowest BCUT2D eigenvalue weighted by Crippen LogP contribution is -2.41. The largest absolute Gasteiger partial charge is 0.294 e. The van der Waals surface area contributed by atoms with E-state index in [9.17, 15) is 9.59 Å². The maximum Gasteiger partial charge on any atom is 0.232 e. The molecule has 4 rings (SSSR count). The van der Waals surface area contributed by atoms with Gasteiger partial charge in [0.25, 0.3) is 0 Å². The van der Waals surface area contributed by atoms with E-state index in [1.54, 1.807) is 0 Å². The van der Waals surface area contributed by atoms with Crippen molar-refractivity contribution in [3.8, 4) is 0 Å². The van der Waals surface area contributed by atoms with Gasteiger partial charge in [-0.15, -0.1) is 0 Å². The number of aryl methyl sites for hydroxylation is 1. The molecule has 1 aliphatic carbocycles. The maximum atomic E-state index is 13.2. The van der Waals surface area contributed by atoms with Crippen LogP contribution in [0, 0.1) is 0 Å². The molecule has 138 valence electrons. The van der Waals surface area contributed by atoms with Crippen molar-refractivity contribution < 1.29 is 9.59 Å². The zero-order valence-corrected chi connectivity index (χ0v) is 16.1. The average Bonchev–Trinajstić information content (AvgIpc) is 2.67. The molecule has 0 radical (unpaired) electrons. The molecular formula is C23H22ClNO2. The summed E-state index contributed by atoms with van der Waals surface area (Å²) in [5.74, 6) is 0.00562. The summed E-state index contributed by atoms with van der Waals surface area (Å²) in [6.07, 6.45) is 3.23. The minimum atomic E-state index is -0.205. The van der Waals surface area contributed by atoms with Gasteiger partial charge in [0.2, 0.25) is 5.91 Å². The summed E-state index contributed by atoms with van der Waals surface area (Å²) < 4.78 is 0. The lowest BCUT2D eigenvalue weighted by atomic mass is 9.77. The molecule has 1 heterocycles. The van der Waals surface area contributed by atoms with Crippen molar-refractivity contribution >= 4 is 29.0 Å². The average molecular weight is 380 g/mol. The molecule has 0 fully saturated rings. The van der Waals surface area contributed by atoms with E-state index >= 15 is 0 Å². The van der Waals surface area contributed by atoms with Crippen LogP contribution >= 0.6 is 11.6 Å². The molecule has 2 aliphatic rings. The molecule has 0 N–H and O–H groups in total. The summed E-state index contributed by atoms with van der Waals surface area (Å²) in [6, 6.07) is 15.5. The second kappa shape index (κ2) is 7.32. The van der Waals surface area contributed by atoms with Crippen LogP contribution in [0.5, 0.6) is 0 Å². The van der Waals surface area contributed by atoms with E-state index in [0.717, 1.165) is 47.3 Å². The van der Waals surface area contributed by atoms with Crippen molar-refractivity contribution in [2.24, 2.45) is 0 Å². The summed E-state index contributed by atoms with van der Waals surface area (Å²) in [4.78, 5) is 28.0. The van der Waals surface area contributed by atoms with Gasteiger partial charge in [0, 0.05) is 35.1 Å². The first-order valence-corrected chi connectivity index (χ1v) is 9.90. The molecular weight excluding hydrogens is 358 g/mol. The molecule has 0 spiro atoms. The molecule has 1 aliphatic heterocycles. The number of halogens is 1. The smallest absolute Gasteiger partial charge is 0.232 e. The number of benzene rings is 2. The first-order chi connectivity index (χ1) is 13.1. The molecule has 1 amide bonds. The number of hydrogen-bond acceptors (Lipinski definition) is 2. The van der Waals surface area contributed by atoms with Crippen LogP contribution in [0.15, 0.2) is 59.8 Å². The van der Waals surface area contributed by atoms with E-state index in [1.165, 1.54) is 0 Å². The number of hydrogen-bond donors (Lipinski definition) is 0. The lowest BCUT2D eigenvalue weighted by molar-refractivity contribution is -0.119. The van der Waals surface area contributed by atoms with E-state index in [2.05, 4.69) is 13.0 Å². The Morgan fingerprint density at radius 2 is 1.89 bits per heavy atom. The number of Topliss-reactive ketones (excluding diaryl/α,β-unsaturated/α-hetero) is 1. The van der Waals surface area contributed by atoms with Gasteiger partial charge in [0.15, 0.2) is 5.78 Å². The van der Waals surface area contributed by atoms with Crippen molar-refractivity contribution in [1.82, 2.24) is 0 Å². The quantitative estimate of drug-likeness (QED) is 0.713. The van der Waals surface area contributed by atoms with Crippen LogP contribution in [0.3, 0.4) is 0 Å². The fourth-order valence-corrected chi connectivity index (χ4v) is 4.51. The van der Waals surface area contributed by atoms with E-state index in [1.807, 2.05) is 47.4 Å². The van der Waals surface area contributed by atoms with Crippen LogP contribution in [0.25, 0.3) is 0 Å². The first kappa shape index (κ1) is 18.0. The van der Waals surface area contributed by atoms with Gasteiger partial charge in [-0.1, -0.05) is 48.9 Å². The fraction of sp³-hybridized carbons (Fsp3) is 0.304. The topological polar surface area (TPSA) is 37.4 Å². The van der Waals surface area contributed by atoms with Crippen molar-refractivity contribution in [2.45, 2.75) is 44.9 Å². The highest BCUT2D eigenvalue weighted by molar-refractivity contribution is 6.30. The van der Waals surface area contributed by atoms with E-state index < -0.39 is 0 Å². The third-order valence-electron chi connectivity index (χ3n) is 5.54. The van der Waals surface area contributed by atoms with Gasteiger partial charge in [-0.25, -0.2) is 0 Å². The summed E-state index contributed by atoms with van der Waals surface area (Å²) in [6.45, 7) is 2.09. The van der Waals surface area contributed by atoms with Crippen molar-refractivity contribution in [3.63, 3.8) is 0 Å². The predicted octanol–water partition coefficient (Wildman–Crippen LogP) is 5.43. The molecule has 1 unspecified atom stereocenters. The number of nitrogens with zero attached hydrogens (tertiary/aromatic N) is 1. The summed E-state index contributed by atoms with van der Waals surface area (Å²) in [5, 5.41) is 0.629. The summed E-state index contributed by atoms with van der Waals surface area (Å²) >= 11 is 6.18. The van der Waals surface area contributed by atoms with E-state index in [4.69, 9.17) is 11.6 Å². The Labute approximate surface area is 164 Å². The fourth-order valence-electron chi connectivity index (χ4n) is 4.31. The minimum absolute atomic E-state index is 0.0503. The maximum absolute atomic E-state index is 13.2. The number of carbonyl (C=O) groups excluding carboxylic acids is 2. The van der Waals surface area contributed by atoms with Crippen LogP contribution in [-0.2, 0) is 16.0 Å². The Kier molecular flexibility index (Phi) is 4.88. The van der Waals surface area contributed by atoms with Crippen molar-refractivity contribution in [3.05, 3.63) is 76.0 Å². The number of anilines is 1. The number of allylic oxidation sites excluding steroid dienone is 2. The molecule has 0 saturated heterocycles. The Balaban J connectivity index is 1.89. The first-order valence-electron chi connectivity index (χ1n) is 9.52. The molecule has 0 aromatic heterocycles. The van der Waals surface area contributed by atoms with Gasteiger partial charge >= 0.3 is 0 Å². The number of ketones is 1. The van der Waals surface area contributed by atoms with Gasteiger partial charge in [0.1, 0.15) is 0 Å². The Bertz CT molecular complexity index is 947. The highest BCUT2D eigenvalue weighted by Gasteiger charge is 2.40. The Hall–Kier alpha value is -2.39. The van der Waals surface area contributed by atoms with Crippen molar-refractivity contribution in [2.75, 3.05) is 4.90 Å². The van der Waals surface area contributed by atoms with Gasteiger partial charge < -0.3 is 0 Å². The lowest BCUT2D eigenvalue weighted by Gasteiger charge is -2.39. The zero-order valence-electron chi connectivity index (χ0n) is 15.4. The highest BCUT2D eigenvalue weighted by Crippen LogP contribution is 2.44. The molecule has 2 aromatic rings. The Morgan fingerprint density at radius 3 is 2.67 bits per heavy atom. The third kappa shape index (κ3) is 3.21.